The van der Waals surface area contributed by atoms with E-state index in [1.807, 2.05) is 0 Å². The Kier molecular flexibility index (Phi) is 12.9. The van der Waals surface area contributed by atoms with E-state index < -0.39 is 0 Å². The Morgan fingerprint density at radius 2 is 1.58 bits per heavy atom. The fraction of sp³-hybridized carbons (Fsp3) is 0.800. The van der Waals surface area contributed by atoms with Gasteiger partial charge in [0.25, 0.3) is 0 Å². The van der Waals surface area contributed by atoms with E-state index in [1.54, 1.807) is 0 Å². The van der Waals surface area contributed by atoms with Crippen LogP contribution in [-0.2, 0) is 0 Å². The maximum atomic E-state index is 3.37. The van der Waals surface area contributed by atoms with Crippen LogP contribution in [0.15, 0.2) is 12.2 Å². The van der Waals surface area contributed by atoms with Gasteiger partial charge in [0, 0.05) is 5.33 Å². The largest absolute Gasteiger partial charge is 0.0883 e. The summed E-state index contributed by atoms with van der Waals surface area (Å²) in [5, 5.41) is 1.00. The van der Waals surface area contributed by atoms with Crippen molar-refractivity contribution in [3.05, 3.63) is 12.2 Å². The minimum Gasteiger partial charge on any atom is -0.0883 e. The molecule has 0 aromatic heterocycles. The summed E-state index contributed by atoms with van der Waals surface area (Å²) in [6.45, 7) is 0. The van der Waals surface area contributed by atoms with Gasteiger partial charge in [-0.3, -0.25) is 0 Å². The lowest BCUT2D eigenvalue weighted by Gasteiger charge is -1.96. The molecule has 0 bridgehead atoms. The first-order valence-corrected chi connectivity index (χ1v) is 7.33. The molecule has 12 heavy (non-hydrogen) atoms. The van der Waals surface area contributed by atoms with Crippen LogP contribution >= 0.6 is 38.5 Å². The molecule has 0 fully saturated rings. The zero-order chi connectivity index (χ0) is 9.07. The van der Waals surface area contributed by atoms with E-state index in [-0.39, 0.29) is 0 Å². The van der Waals surface area contributed by atoms with Crippen LogP contribution in [0.2, 0.25) is 0 Å². The van der Waals surface area contributed by atoms with Crippen molar-refractivity contribution in [2.45, 2.75) is 38.5 Å². The molecular weight excluding hydrogens is 327 g/mol. The Morgan fingerprint density at radius 3 is 2.25 bits per heavy atom. The predicted molar refractivity (Wildman–Crippen MR) is 69.5 cm³/mol. The van der Waals surface area contributed by atoms with E-state index in [0.717, 1.165) is 5.33 Å². The van der Waals surface area contributed by atoms with Crippen LogP contribution in [0.25, 0.3) is 0 Å². The van der Waals surface area contributed by atoms with Gasteiger partial charge in [-0.15, -0.1) is 0 Å². The van der Waals surface area contributed by atoms with Crippen LogP contribution in [0.3, 0.4) is 0 Å². The third kappa shape index (κ3) is 11.0. The summed E-state index contributed by atoms with van der Waals surface area (Å²) >= 11 is 5.82. The molecule has 72 valence electrons. The molecule has 2 heteroatoms. The molecule has 0 aliphatic heterocycles. The van der Waals surface area contributed by atoms with Crippen LogP contribution in [0.4, 0.5) is 0 Å². The molecule has 0 heterocycles. The van der Waals surface area contributed by atoms with Gasteiger partial charge in [-0.1, -0.05) is 69.9 Å². The third-order valence-corrected chi connectivity index (χ3v) is 2.90. The van der Waals surface area contributed by atoms with Crippen LogP contribution in [0.5, 0.6) is 0 Å². The SMILES string of the molecule is BrCC=CCCCCCCCI. The minimum absolute atomic E-state index is 1.00. The summed E-state index contributed by atoms with van der Waals surface area (Å²) in [6.07, 6.45) is 12.7. The lowest BCUT2D eigenvalue weighted by atomic mass is 10.1. The summed E-state index contributed by atoms with van der Waals surface area (Å²) < 4.78 is 1.32. The topological polar surface area (TPSA) is 0 Å². The average Bonchev–Trinajstić information content (AvgIpc) is 2.10. The number of alkyl halides is 2. The number of hydrogen-bond donors (Lipinski definition) is 0. The lowest BCUT2D eigenvalue weighted by Crippen LogP contribution is -1.79. The molecule has 0 amide bonds. The lowest BCUT2D eigenvalue weighted by molar-refractivity contribution is 0.642. The maximum Gasteiger partial charge on any atom is 0.0212 e. The number of hydrogen-bond acceptors (Lipinski definition) is 0. The number of halogens is 2. The number of allylic oxidation sites excluding steroid dienone is 2. The average molecular weight is 345 g/mol. The standard InChI is InChI=1S/C10H18BrI/c11-9-7-5-3-1-2-4-6-8-10-12/h5,7H,1-4,6,8-10H2. The van der Waals surface area contributed by atoms with E-state index in [9.17, 15) is 0 Å². The molecule has 0 atom stereocenters. The second-order valence-electron chi connectivity index (χ2n) is 2.87. The van der Waals surface area contributed by atoms with Gasteiger partial charge in [-0.05, 0) is 23.7 Å². The first-order valence-electron chi connectivity index (χ1n) is 4.68. The van der Waals surface area contributed by atoms with Crippen LogP contribution in [-0.4, -0.2) is 9.76 Å². The molecule has 0 spiro atoms. The summed E-state index contributed by atoms with van der Waals surface area (Å²) in [4.78, 5) is 0. The van der Waals surface area contributed by atoms with Gasteiger partial charge in [0.05, 0.1) is 0 Å². The van der Waals surface area contributed by atoms with Gasteiger partial charge in [0.1, 0.15) is 0 Å². The molecule has 0 aromatic rings. The number of rotatable bonds is 8. The summed E-state index contributed by atoms with van der Waals surface area (Å²) in [6, 6.07) is 0. The summed E-state index contributed by atoms with van der Waals surface area (Å²) in [5.41, 5.74) is 0. The van der Waals surface area contributed by atoms with E-state index in [2.05, 4.69) is 50.7 Å². The van der Waals surface area contributed by atoms with Crippen LogP contribution < -0.4 is 0 Å². The van der Waals surface area contributed by atoms with E-state index >= 15 is 0 Å². The van der Waals surface area contributed by atoms with Gasteiger partial charge in [0.2, 0.25) is 0 Å². The second-order valence-corrected chi connectivity index (χ2v) is 4.60. The maximum absolute atomic E-state index is 3.37. The first kappa shape index (κ1) is 12.9. The highest BCUT2D eigenvalue weighted by atomic mass is 127. The third-order valence-electron chi connectivity index (χ3n) is 1.76. The fourth-order valence-electron chi connectivity index (χ4n) is 1.07. The highest BCUT2D eigenvalue weighted by Crippen LogP contribution is 2.06. The van der Waals surface area contributed by atoms with Crippen molar-refractivity contribution in [1.29, 1.82) is 0 Å². The minimum atomic E-state index is 1.00. The molecule has 0 nitrogen and oxygen atoms in total. The van der Waals surface area contributed by atoms with Gasteiger partial charge in [-0.2, -0.15) is 0 Å². The van der Waals surface area contributed by atoms with Crippen molar-refractivity contribution in [3.8, 4) is 0 Å². The van der Waals surface area contributed by atoms with E-state index in [1.165, 1.54) is 43.0 Å². The van der Waals surface area contributed by atoms with Gasteiger partial charge < -0.3 is 0 Å². The molecule has 0 unspecified atom stereocenters. The van der Waals surface area contributed by atoms with E-state index in [4.69, 9.17) is 0 Å². The molecule has 0 aliphatic carbocycles. The highest BCUT2D eigenvalue weighted by molar-refractivity contribution is 14.1. The Balaban J connectivity index is 2.86. The van der Waals surface area contributed by atoms with Crippen molar-refractivity contribution < 1.29 is 0 Å². The van der Waals surface area contributed by atoms with Crippen molar-refractivity contribution in [3.63, 3.8) is 0 Å². The monoisotopic (exact) mass is 344 g/mol. The van der Waals surface area contributed by atoms with Gasteiger partial charge in [-0.25, -0.2) is 0 Å². The second kappa shape index (κ2) is 11.9. The molecule has 0 N–H and O–H groups in total. The van der Waals surface area contributed by atoms with E-state index in [0.29, 0.717) is 0 Å². The Bertz CT molecular complexity index is 102. The van der Waals surface area contributed by atoms with Gasteiger partial charge >= 0.3 is 0 Å². The zero-order valence-electron chi connectivity index (χ0n) is 7.57. The number of unbranched alkanes of at least 4 members (excludes halogenated alkanes) is 5. The zero-order valence-corrected chi connectivity index (χ0v) is 11.3. The van der Waals surface area contributed by atoms with Crippen molar-refractivity contribution >= 4 is 38.5 Å². The highest BCUT2D eigenvalue weighted by Gasteiger charge is 1.87. The quantitative estimate of drug-likeness (QED) is 0.259. The molecule has 0 radical (unpaired) electrons. The van der Waals surface area contributed by atoms with Gasteiger partial charge in [0.15, 0.2) is 0 Å². The molecule has 0 rings (SSSR count). The Labute approximate surface area is 98.5 Å². The Hall–Kier alpha value is 0.950. The molecular formula is C10H18BrI. The predicted octanol–water partition coefficient (Wildman–Crippen LogP) is 4.71. The molecule has 0 aromatic carbocycles. The van der Waals surface area contributed by atoms with Crippen molar-refractivity contribution in [2.75, 3.05) is 9.76 Å². The Morgan fingerprint density at radius 1 is 0.917 bits per heavy atom. The van der Waals surface area contributed by atoms with Crippen LogP contribution in [0, 0.1) is 0 Å². The van der Waals surface area contributed by atoms with Crippen LogP contribution in [0.1, 0.15) is 38.5 Å². The molecule has 0 saturated carbocycles. The smallest absolute Gasteiger partial charge is 0.0212 e. The normalized spacial score (nSPS) is 11.2. The molecule has 0 aliphatic rings. The summed E-state index contributed by atoms with van der Waals surface area (Å²) in [5.74, 6) is 0. The summed E-state index contributed by atoms with van der Waals surface area (Å²) in [7, 11) is 0. The van der Waals surface area contributed by atoms with Crippen molar-refractivity contribution in [1.82, 2.24) is 0 Å². The first-order chi connectivity index (χ1) is 5.91. The van der Waals surface area contributed by atoms with Crippen molar-refractivity contribution in [2.24, 2.45) is 0 Å². The molecule has 0 saturated heterocycles. The fourth-order valence-corrected chi connectivity index (χ4v) is 1.87.